The van der Waals surface area contributed by atoms with Crippen molar-refractivity contribution < 1.29 is 9.90 Å². The Labute approximate surface area is 219 Å². The van der Waals surface area contributed by atoms with E-state index in [0.717, 1.165) is 56.8 Å². The molecule has 10 heteroatoms. The van der Waals surface area contributed by atoms with Gasteiger partial charge in [-0.15, -0.1) is 0 Å². The molecule has 1 fully saturated rings. The van der Waals surface area contributed by atoms with Crippen LogP contribution < -0.4 is 21.4 Å². The van der Waals surface area contributed by atoms with Crippen molar-refractivity contribution in [1.29, 1.82) is 0 Å². The van der Waals surface area contributed by atoms with Gasteiger partial charge in [0.25, 0.3) is 5.91 Å². The lowest BCUT2D eigenvalue weighted by Crippen LogP contribution is -2.44. The number of phenolic OH excluding ortho intramolecular Hbond substituents is 1. The molecule has 38 heavy (non-hydrogen) atoms. The number of primary amides is 1. The predicted octanol–water partition coefficient (Wildman–Crippen LogP) is 2.57. The molecule has 0 radical (unpaired) electrons. The van der Waals surface area contributed by atoms with Crippen molar-refractivity contribution in [3.8, 4) is 11.4 Å². The van der Waals surface area contributed by atoms with Crippen LogP contribution in [0.1, 0.15) is 27.9 Å². The minimum absolute atomic E-state index is 0.0743. The number of nitrogens with one attached hydrogen (secondary N) is 1. The summed E-state index contributed by atoms with van der Waals surface area (Å²) in [5.74, 6) is -0.522. The number of aromatic hydroxyl groups is 1. The first-order chi connectivity index (χ1) is 18.4. The van der Waals surface area contributed by atoms with Gasteiger partial charge in [0.05, 0.1) is 11.1 Å². The molecule has 2 aromatic heterocycles. The number of phenols is 1. The van der Waals surface area contributed by atoms with E-state index >= 15 is 0 Å². The largest absolute Gasteiger partial charge is 0.506 e. The maximum absolute atomic E-state index is 13.0. The molecule has 6 rings (SSSR count). The van der Waals surface area contributed by atoms with Crippen molar-refractivity contribution in [2.75, 3.05) is 43.4 Å². The molecule has 2 aromatic carbocycles. The van der Waals surface area contributed by atoms with Gasteiger partial charge in [-0.3, -0.25) is 9.59 Å². The Morgan fingerprint density at radius 2 is 1.79 bits per heavy atom. The number of nitrogens with zero attached hydrogens (tertiary/aromatic N) is 5. The number of piperazine rings is 1. The van der Waals surface area contributed by atoms with Crippen molar-refractivity contribution in [2.45, 2.75) is 19.3 Å². The Balaban J connectivity index is 1.38. The number of aryl methyl sites for hydroxylation is 2. The molecule has 2 aliphatic rings. The molecule has 194 valence electrons. The zero-order chi connectivity index (χ0) is 26.4. The van der Waals surface area contributed by atoms with Gasteiger partial charge in [0.1, 0.15) is 11.3 Å². The van der Waals surface area contributed by atoms with Gasteiger partial charge in [-0.2, -0.15) is 4.98 Å². The number of rotatable bonds is 5. The summed E-state index contributed by atoms with van der Waals surface area (Å²) in [5, 5.41) is 14.0. The fourth-order valence-electron chi connectivity index (χ4n) is 5.26. The number of amides is 1. The van der Waals surface area contributed by atoms with Gasteiger partial charge in [-0.25, -0.2) is 4.98 Å². The van der Waals surface area contributed by atoms with Crippen molar-refractivity contribution in [3.05, 3.63) is 75.7 Å². The standard InChI is InChI=1S/C28H29N7O3/c1-33-9-11-34(12-10-33)19-7-8-23(24(36)14-19)31-28-30-15-21-25(37)22(26(29)38)16-35(27(21)32-28)20-6-5-17-3-2-4-18(17)13-20/h5-8,13-16,36H,2-4,9-12H2,1H3,(H2,29,38)(H,30,31,32). The molecule has 0 unspecified atom stereocenters. The topological polar surface area (TPSA) is 130 Å². The predicted molar refractivity (Wildman–Crippen MR) is 147 cm³/mol. The molecule has 0 atom stereocenters. The summed E-state index contributed by atoms with van der Waals surface area (Å²) in [6, 6.07) is 11.6. The highest BCUT2D eigenvalue weighted by atomic mass is 16.3. The second-order valence-corrected chi connectivity index (χ2v) is 9.96. The number of fused-ring (bicyclic) bond motifs is 2. The number of anilines is 3. The van der Waals surface area contributed by atoms with E-state index in [1.54, 1.807) is 16.7 Å². The first-order valence-corrected chi connectivity index (χ1v) is 12.8. The number of pyridine rings is 1. The number of carbonyl (C=O) groups excluding carboxylic acids is 1. The summed E-state index contributed by atoms with van der Waals surface area (Å²) in [5.41, 5.74) is 9.95. The van der Waals surface area contributed by atoms with Crippen molar-refractivity contribution >= 4 is 34.3 Å². The lowest BCUT2D eigenvalue weighted by molar-refractivity contribution is 0.0999. The van der Waals surface area contributed by atoms with Gasteiger partial charge in [0.15, 0.2) is 5.65 Å². The molecule has 10 nitrogen and oxygen atoms in total. The van der Waals surface area contributed by atoms with E-state index in [1.165, 1.54) is 23.5 Å². The molecule has 1 aliphatic carbocycles. The SMILES string of the molecule is CN1CCN(c2ccc(Nc3ncc4c(=O)c(C(N)=O)cn(-c5ccc6c(c5)CCC6)c4n3)c(O)c2)CC1. The molecule has 3 heterocycles. The Bertz CT molecular complexity index is 1620. The lowest BCUT2D eigenvalue weighted by atomic mass is 10.1. The number of carbonyl (C=O) groups is 1. The second-order valence-electron chi connectivity index (χ2n) is 9.96. The number of nitrogens with two attached hydrogens (primary N) is 1. The van der Waals surface area contributed by atoms with Crippen LogP contribution in [0.15, 0.2) is 53.6 Å². The van der Waals surface area contributed by atoms with Crippen LogP contribution in [0.25, 0.3) is 16.7 Å². The van der Waals surface area contributed by atoms with E-state index in [4.69, 9.17) is 5.73 Å². The summed E-state index contributed by atoms with van der Waals surface area (Å²) >= 11 is 0. The Kier molecular flexibility index (Phi) is 5.96. The molecule has 0 spiro atoms. The molecule has 4 N–H and O–H groups in total. The Hall–Kier alpha value is -4.44. The van der Waals surface area contributed by atoms with Gasteiger partial charge in [0.2, 0.25) is 11.4 Å². The van der Waals surface area contributed by atoms with Gasteiger partial charge in [-0.1, -0.05) is 6.07 Å². The molecule has 1 aliphatic heterocycles. The molecular formula is C28H29N7O3. The second kappa shape index (κ2) is 9.46. The third-order valence-electron chi connectivity index (χ3n) is 7.47. The van der Waals surface area contributed by atoms with E-state index < -0.39 is 11.3 Å². The molecule has 0 bridgehead atoms. The third kappa shape index (κ3) is 4.32. The lowest BCUT2D eigenvalue weighted by Gasteiger charge is -2.34. The zero-order valence-electron chi connectivity index (χ0n) is 21.1. The Morgan fingerprint density at radius 1 is 1.03 bits per heavy atom. The van der Waals surface area contributed by atoms with Gasteiger partial charge in [-0.05, 0) is 61.7 Å². The summed E-state index contributed by atoms with van der Waals surface area (Å²) < 4.78 is 1.71. The molecule has 1 saturated heterocycles. The van der Waals surface area contributed by atoms with E-state index in [-0.39, 0.29) is 22.6 Å². The van der Waals surface area contributed by atoms with Crippen molar-refractivity contribution in [3.63, 3.8) is 0 Å². The molecular weight excluding hydrogens is 482 g/mol. The van der Waals surface area contributed by atoms with Crippen LogP contribution in [0.4, 0.5) is 17.3 Å². The van der Waals surface area contributed by atoms with Gasteiger partial charge >= 0.3 is 0 Å². The first kappa shape index (κ1) is 23.9. The number of hydrogen-bond donors (Lipinski definition) is 3. The summed E-state index contributed by atoms with van der Waals surface area (Å²) in [7, 11) is 2.10. The van der Waals surface area contributed by atoms with Crippen molar-refractivity contribution in [2.24, 2.45) is 5.73 Å². The number of likely N-dealkylation sites (N-methyl/N-ethyl adjacent to an activating group) is 1. The number of benzene rings is 2. The average Bonchev–Trinajstić information content (AvgIpc) is 3.38. The van der Waals surface area contributed by atoms with E-state index in [9.17, 15) is 14.7 Å². The Morgan fingerprint density at radius 3 is 2.55 bits per heavy atom. The maximum atomic E-state index is 13.0. The number of aromatic nitrogens is 3. The van der Waals surface area contributed by atoms with Crippen LogP contribution in [0, 0.1) is 0 Å². The summed E-state index contributed by atoms with van der Waals surface area (Å²) in [6.07, 6.45) is 5.96. The van der Waals surface area contributed by atoms with Crippen LogP contribution in [0.2, 0.25) is 0 Å². The third-order valence-corrected chi connectivity index (χ3v) is 7.47. The van der Waals surface area contributed by atoms with E-state index in [0.29, 0.717) is 11.3 Å². The van der Waals surface area contributed by atoms with E-state index in [2.05, 4.69) is 44.3 Å². The first-order valence-electron chi connectivity index (χ1n) is 12.8. The van der Waals surface area contributed by atoms with Crippen LogP contribution in [-0.2, 0) is 12.8 Å². The molecule has 1 amide bonds. The highest BCUT2D eigenvalue weighted by Gasteiger charge is 2.19. The minimum Gasteiger partial charge on any atom is -0.506 e. The van der Waals surface area contributed by atoms with Crippen LogP contribution in [0.5, 0.6) is 5.75 Å². The summed E-state index contributed by atoms with van der Waals surface area (Å²) in [6.45, 7) is 3.72. The summed E-state index contributed by atoms with van der Waals surface area (Å²) in [4.78, 5) is 38.5. The number of hydrogen-bond acceptors (Lipinski definition) is 8. The zero-order valence-corrected chi connectivity index (χ0v) is 21.1. The van der Waals surface area contributed by atoms with Crippen LogP contribution >= 0.6 is 0 Å². The fourth-order valence-corrected chi connectivity index (χ4v) is 5.26. The maximum Gasteiger partial charge on any atom is 0.254 e. The van der Waals surface area contributed by atoms with Gasteiger partial charge < -0.3 is 30.5 Å². The smallest absolute Gasteiger partial charge is 0.254 e. The fraction of sp³-hybridized carbons (Fsp3) is 0.286. The van der Waals surface area contributed by atoms with Crippen molar-refractivity contribution in [1.82, 2.24) is 19.4 Å². The van der Waals surface area contributed by atoms with E-state index in [1.807, 2.05) is 12.1 Å². The normalized spacial score (nSPS) is 15.6. The van der Waals surface area contributed by atoms with Crippen LogP contribution in [-0.4, -0.2) is 63.7 Å². The monoisotopic (exact) mass is 511 g/mol. The average molecular weight is 512 g/mol. The van der Waals surface area contributed by atoms with Crippen LogP contribution in [0.3, 0.4) is 0 Å². The van der Waals surface area contributed by atoms with Gasteiger partial charge in [0, 0.05) is 56.0 Å². The highest BCUT2D eigenvalue weighted by Crippen LogP contribution is 2.31. The highest BCUT2D eigenvalue weighted by molar-refractivity contribution is 5.96. The minimum atomic E-state index is -0.806. The quantitative estimate of drug-likeness (QED) is 0.349. The molecule has 4 aromatic rings. The molecule has 0 saturated carbocycles.